The number of benzene rings is 1. The van der Waals surface area contributed by atoms with Crippen LogP contribution in [0.25, 0.3) is 0 Å². The molecule has 0 aliphatic heterocycles. The molecule has 108 valence electrons. The van der Waals surface area contributed by atoms with E-state index in [4.69, 9.17) is 5.73 Å². The minimum Gasteiger partial charge on any atom is -0.326 e. The number of aromatic nitrogens is 3. The van der Waals surface area contributed by atoms with E-state index in [0.29, 0.717) is 19.5 Å². The molecule has 21 heavy (non-hydrogen) atoms. The van der Waals surface area contributed by atoms with Crippen molar-refractivity contribution >= 4 is 11.6 Å². The lowest BCUT2D eigenvalue weighted by Gasteiger charge is -2.07. The Bertz CT molecular complexity index is 667. The lowest BCUT2D eigenvalue weighted by molar-refractivity contribution is -0.116. The Balaban J connectivity index is 1.97. The van der Waals surface area contributed by atoms with Gasteiger partial charge in [0.2, 0.25) is 5.91 Å². The Labute approximate surface area is 123 Å². The fraction of sp³-hybridized carbons (Fsp3) is 0.267. The molecule has 2 rings (SSSR count). The molecule has 6 heteroatoms. The number of rotatable bonds is 4. The lowest BCUT2D eigenvalue weighted by Crippen LogP contribution is -2.14. The summed E-state index contributed by atoms with van der Waals surface area (Å²) in [4.78, 5) is 15.7. The first-order valence-corrected chi connectivity index (χ1v) is 6.61. The van der Waals surface area contributed by atoms with E-state index >= 15 is 0 Å². The molecule has 1 aromatic heterocycles. The van der Waals surface area contributed by atoms with Crippen LogP contribution in [0, 0.1) is 18.8 Å². The number of aryl methyl sites for hydroxylation is 2. The Morgan fingerprint density at radius 2 is 2.33 bits per heavy atom. The summed E-state index contributed by atoms with van der Waals surface area (Å²) in [6.45, 7) is 2.78. The second kappa shape index (κ2) is 7.22. The molecule has 1 amide bonds. The third kappa shape index (κ3) is 4.44. The molecule has 1 heterocycles. The minimum absolute atomic E-state index is 0.0768. The third-order valence-corrected chi connectivity index (χ3v) is 2.88. The number of amides is 1. The highest BCUT2D eigenvalue weighted by atomic mass is 16.1. The summed E-state index contributed by atoms with van der Waals surface area (Å²) in [5.41, 5.74) is 8.02. The highest BCUT2D eigenvalue weighted by Crippen LogP contribution is 2.14. The van der Waals surface area contributed by atoms with Gasteiger partial charge in [-0.25, -0.2) is 4.98 Å². The molecule has 0 bridgehead atoms. The predicted molar refractivity (Wildman–Crippen MR) is 80.4 cm³/mol. The summed E-state index contributed by atoms with van der Waals surface area (Å²) in [5.74, 6) is 5.73. The number of nitrogens with two attached hydrogens (primary N) is 1. The number of hydrogen-bond donors (Lipinski definition) is 2. The van der Waals surface area contributed by atoms with E-state index in [-0.39, 0.29) is 5.91 Å². The average molecular weight is 283 g/mol. The van der Waals surface area contributed by atoms with Gasteiger partial charge in [0, 0.05) is 17.7 Å². The second-order valence-electron chi connectivity index (χ2n) is 4.49. The molecular weight excluding hydrogens is 266 g/mol. The Morgan fingerprint density at radius 1 is 1.48 bits per heavy atom. The molecule has 1 aromatic carbocycles. The highest BCUT2D eigenvalue weighted by Gasteiger charge is 2.04. The number of hydrogen-bond acceptors (Lipinski definition) is 4. The predicted octanol–water partition coefficient (Wildman–Crippen LogP) is 0.926. The van der Waals surface area contributed by atoms with Crippen LogP contribution in [0.1, 0.15) is 17.5 Å². The maximum Gasteiger partial charge on any atom is 0.226 e. The molecule has 0 atom stereocenters. The van der Waals surface area contributed by atoms with Crippen molar-refractivity contribution in [2.45, 2.75) is 19.9 Å². The molecule has 0 radical (unpaired) electrons. The third-order valence-electron chi connectivity index (χ3n) is 2.88. The van der Waals surface area contributed by atoms with Crippen LogP contribution in [0.15, 0.2) is 30.9 Å². The van der Waals surface area contributed by atoms with E-state index in [0.717, 1.165) is 16.8 Å². The van der Waals surface area contributed by atoms with Gasteiger partial charge in [0.15, 0.2) is 0 Å². The van der Waals surface area contributed by atoms with Crippen LogP contribution in [0.5, 0.6) is 0 Å². The van der Waals surface area contributed by atoms with Crippen LogP contribution in [-0.2, 0) is 11.3 Å². The van der Waals surface area contributed by atoms with Crippen molar-refractivity contribution in [2.24, 2.45) is 5.73 Å². The molecule has 0 spiro atoms. The SMILES string of the molecule is Cc1ccc(NC(=O)CCn2cncn2)cc1C#CCN. The summed E-state index contributed by atoms with van der Waals surface area (Å²) in [6, 6.07) is 5.63. The zero-order chi connectivity index (χ0) is 15.1. The van der Waals surface area contributed by atoms with Crippen molar-refractivity contribution in [3.63, 3.8) is 0 Å². The van der Waals surface area contributed by atoms with E-state index in [1.165, 1.54) is 6.33 Å². The summed E-state index contributed by atoms with van der Waals surface area (Å²) in [7, 11) is 0. The minimum atomic E-state index is -0.0768. The van der Waals surface area contributed by atoms with Crippen LogP contribution >= 0.6 is 0 Å². The summed E-state index contributed by atoms with van der Waals surface area (Å²) >= 11 is 0. The first-order chi connectivity index (χ1) is 10.2. The largest absolute Gasteiger partial charge is 0.326 e. The Kier molecular flexibility index (Phi) is 5.07. The Hall–Kier alpha value is -2.65. The number of anilines is 1. The quantitative estimate of drug-likeness (QED) is 0.817. The van der Waals surface area contributed by atoms with Gasteiger partial charge in [-0.15, -0.1) is 0 Å². The summed E-state index contributed by atoms with van der Waals surface area (Å²) in [6.07, 6.45) is 3.36. The normalized spacial score (nSPS) is 9.81. The molecule has 0 unspecified atom stereocenters. The number of nitrogens with one attached hydrogen (secondary N) is 1. The van der Waals surface area contributed by atoms with E-state index in [1.807, 2.05) is 25.1 Å². The van der Waals surface area contributed by atoms with Gasteiger partial charge >= 0.3 is 0 Å². The maximum atomic E-state index is 11.9. The number of carbonyl (C=O) groups is 1. The maximum absolute atomic E-state index is 11.9. The van der Waals surface area contributed by atoms with Crippen LogP contribution in [-0.4, -0.2) is 27.2 Å². The van der Waals surface area contributed by atoms with Gasteiger partial charge in [-0.05, 0) is 24.6 Å². The van der Waals surface area contributed by atoms with Crippen LogP contribution in [0.4, 0.5) is 5.69 Å². The highest BCUT2D eigenvalue weighted by molar-refractivity contribution is 5.90. The summed E-state index contributed by atoms with van der Waals surface area (Å²) < 4.78 is 1.62. The topological polar surface area (TPSA) is 85.8 Å². The van der Waals surface area contributed by atoms with E-state index in [2.05, 4.69) is 27.2 Å². The Morgan fingerprint density at radius 3 is 3.05 bits per heavy atom. The van der Waals surface area contributed by atoms with Gasteiger partial charge in [-0.1, -0.05) is 17.9 Å². The molecular formula is C15H17N5O. The van der Waals surface area contributed by atoms with Crippen molar-refractivity contribution in [3.8, 4) is 11.8 Å². The van der Waals surface area contributed by atoms with E-state index in [9.17, 15) is 4.79 Å². The number of carbonyl (C=O) groups excluding carboxylic acids is 1. The van der Waals surface area contributed by atoms with Gasteiger partial charge in [0.25, 0.3) is 0 Å². The lowest BCUT2D eigenvalue weighted by atomic mass is 10.1. The van der Waals surface area contributed by atoms with E-state index < -0.39 is 0 Å². The van der Waals surface area contributed by atoms with Crippen molar-refractivity contribution in [1.29, 1.82) is 0 Å². The number of nitrogens with zero attached hydrogens (tertiary/aromatic N) is 3. The van der Waals surface area contributed by atoms with Crippen molar-refractivity contribution in [3.05, 3.63) is 42.0 Å². The van der Waals surface area contributed by atoms with Crippen LogP contribution in [0.2, 0.25) is 0 Å². The molecule has 0 aliphatic rings. The van der Waals surface area contributed by atoms with E-state index in [1.54, 1.807) is 11.0 Å². The molecule has 0 fully saturated rings. The van der Waals surface area contributed by atoms with Gasteiger partial charge in [-0.2, -0.15) is 5.10 Å². The smallest absolute Gasteiger partial charge is 0.226 e. The molecule has 0 saturated carbocycles. The zero-order valence-electron chi connectivity index (χ0n) is 11.8. The van der Waals surface area contributed by atoms with Gasteiger partial charge in [0.05, 0.1) is 13.1 Å². The average Bonchev–Trinajstić information content (AvgIpc) is 2.99. The van der Waals surface area contributed by atoms with Gasteiger partial charge in [-0.3, -0.25) is 9.48 Å². The van der Waals surface area contributed by atoms with Crippen molar-refractivity contribution < 1.29 is 4.79 Å². The molecule has 2 aromatic rings. The standard InChI is InChI=1S/C15H17N5O/c1-12-4-5-14(9-13(12)3-2-7-16)19-15(21)6-8-20-11-17-10-18-20/h4-5,9-11H,6-8,16H2,1H3,(H,19,21). The fourth-order valence-corrected chi connectivity index (χ4v) is 1.77. The van der Waals surface area contributed by atoms with Crippen LogP contribution < -0.4 is 11.1 Å². The first-order valence-electron chi connectivity index (χ1n) is 6.61. The fourth-order valence-electron chi connectivity index (χ4n) is 1.77. The van der Waals surface area contributed by atoms with Gasteiger partial charge < -0.3 is 11.1 Å². The van der Waals surface area contributed by atoms with Crippen molar-refractivity contribution in [2.75, 3.05) is 11.9 Å². The molecule has 3 N–H and O–H groups in total. The molecule has 0 aliphatic carbocycles. The van der Waals surface area contributed by atoms with Gasteiger partial charge in [0.1, 0.15) is 12.7 Å². The molecule has 6 nitrogen and oxygen atoms in total. The molecule has 0 saturated heterocycles. The second-order valence-corrected chi connectivity index (χ2v) is 4.49. The monoisotopic (exact) mass is 283 g/mol. The first kappa shape index (κ1) is 14.8. The summed E-state index contributed by atoms with van der Waals surface area (Å²) in [5, 5.41) is 6.80. The van der Waals surface area contributed by atoms with Crippen LogP contribution in [0.3, 0.4) is 0 Å². The van der Waals surface area contributed by atoms with Crippen molar-refractivity contribution in [1.82, 2.24) is 14.8 Å². The zero-order valence-corrected chi connectivity index (χ0v) is 11.8.